The number of benzene rings is 3. The van der Waals surface area contributed by atoms with Crippen molar-refractivity contribution in [3.8, 4) is 17.2 Å². The minimum atomic E-state index is -0.101. The van der Waals surface area contributed by atoms with E-state index in [0.29, 0.717) is 36.9 Å². The molecule has 0 unspecified atom stereocenters. The van der Waals surface area contributed by atoms with Crippen LogP contribution < -0.4 is 14.2 Å². The van der Waals surface area contributed by atoms with E-state index in [4.69, 9.17) is 14.2 Å². The number of methoxy groups -OCH3 is 1. The van der Waals surface area contributed by atoms with Crippen LogP contribution in [0.4, 0.5) is 0 Å². The molecule has 5 nitrogen and oxygen atoms in total. The maximum atomic E-state index is 13.1. The summed E-state index contributed by atoms with van der Waals surface area (Å²) in [5.41, 5.74) is 4.45. The van der Waals surface area contributed by atoms with Crippen molar-refractivity contribution in [1.29, 1.82) is 0 Å². The lowest BCUT2D eigenvalue weighted by atomic mass is 9.99. The Kier molecular flexibility index (Phi) is 5.49. The SMILES string of the molecule is COc1ccccc1CN1COc2c(cc3c(c2C)O/C(=C\c2ccc(Br)cc2)C3=O)C1. The summed E-state index contributed by atoms with van der Waals surface area (Å²) in [6, 6.07) is 17.6. The number of carbonyl (C=O) groups is 1. The maximum absolute atomic E-state index is 13.1. The van der Waals surface area contributed by atoms with E-state index in [1.807, 2.05) is 55.5 Å². The normalized spacial score (nSPS) is 16.3. The molecule has 3 aromatic carbocycles. The van der Waals surface area contributed by atoms with Crippen LogP contribution >= 0.6 is 15.9 Å². The van der Waals surface area contributed by atoms with Crippen molar-refractivity contribution >= 4 is 27.8 Å². The molecular formula is C26H22BrNO4. The molecule has 0 aliphatic carbocycles. The van der Waals surface area contributed by atoms with Crippen LogP contribution in [0, 0.1) is 6.92 Å². The van der Waals surface area contributed by atoms with Gasteiger partial charge < -0.3 is 14.2 Å². The molecule has 0 radical (unpaired) electrons. The number of ether oxygens (including phenoxy) is 3. The van der Waals surface area contributed by atoms with E-state index in [0.717, 1.165) is 38.2 Å². The number of hydrogen-bond donors (Lipinski definition) is 0. The van der Waals surface area contributed by atoms with Crippen molar-refractivity contribution in [2.24, 2.45) is 0 Å². The predicted molar refractivity (Wildman–Crippen MR) is 126 cm³/mol. The Morgan fingerprint density at radius 3 is 2.69 bits per heavy atom. The van der Waals surface area contributed by atoms with Gasteiger partial charge in [-0.2, -0.15) is 0 Å². The lowest BCUT2D eigenvalue weighted by molar-refractivity contribution is 0.0869. The Morgan fingerprint density at radius 2 is 1.91 bits per heavy atom. The first-order valence-electron chi connectivity index (χ1n) is 10.4. The minimum absolute atomic E-state index is 0.101. The zero-order valence-electron chi connectivity index (χ0n) is 17.9. The predicted octanol–water partition coefficient (Wildman–Crippen LogP) is 5.73. The van der Waals surface area contributed by atoms with Crippen LogP contribution in [0.2, 0.25) is 0 Å². The van der Waals surface area contributed by atoms with Crippen molar-refractivity contribution in [1.82, 2.24) is 4.90 Å². The molecule has 0 saturated heterocycles. The molecule has 0 aromatic heterocycles. The van der Waals surface area contributed by atoms with Gasteiger partial charge >= 0.3 is 0 Å². The highest BCUT2D eigenvalue weighted by Gasteiger charge is 2.33. The number of fused-ring (bicyclic) bond motifs is 2. The summed E-state index contributed by atoms with van der Waals surface area (Å²) in [4.78, 5) is 15.3. The second-order valence-electron chi connectivity index (χ2n) is 7.93. The average molecular weight is 492 g/mol. The van der Waals surface area contributed by atoms with E-state index in [2.05, 4.69) is 26.9 Å². The number of ketones is 1. The van der Waals surface area contributed by atoms with Crippen molar-refractivity contribution in [2.45, 2.75) is 20.0 Å². The Bertz CT molecular complexity index is 1230. The summed E-state index contributed by atoms with van der Waals surface area (Å²) in [5.74, 6) is 2.48. The van der Waals surface area contributed by atoms with Crippen molar-refractivity contribution in [3.05, 3.63) is 92.6 Å². The second kappa shape index (κ2) is 8.45. The Labute approximate surface area is 195 Å². The Balaban J connectivity index is 1.42. The van der Waals surface area contributed by atoms with E-state index < -0.39 is 0 Å². The number of hydrogen-bond acceptors (Lipinski definition) is 5. The maximum Gasteiger partial charge on any atom is 0.231 e. The summed E-state index contributed by atoms with van der Waals surface area (Å²) in [6.45, 7) is 3.78. The molecular weight excluding hydrogens is 470 g/mol. The summed E-state index contributed by atoms with van der Waals surface area (Å²) in [5, 5.41) is 0. The summed E-state index contributed by atoms with van der Waals surface area (Å²) in [7, 11) is 1.68. The molecule has 0 fully saturated rings. The zero-order valence-corrected chi connectivity index (χ0v) is 19.4. The first kappa shape index (κ1) is 20.8. The topological polar surface area (TPSA) is 48.0 Å². The Hall–Kier alpha value is -3.09. The molecule has 32 heavy (non-hydrogen) atoms. The van der Waals surface area contributed by atoms with Gasteiger partial charge in [0.15, 0.2) is 5.76 Å². The highest BCUT2D eigenvalue weighted by atomic mass is 79.9. The molecule has 3 aromatic rings. The smallest absolute Gasteiger partial charge is 0.231 e. The third kappa shape index (κ3) is 3.80. The quantitative estimate of drug-likeness (QED) is 0.435. The fraction of sp³-hybridized carbons (Fsp3) is 0.192. The minimum Gasteiger partial charge on any atom is -0.496 e. The third-order valence-electron chi connectivity index (χ3n) is 5.76. The molecule has 162 valence electrons. The standard InChI is InChI=1S/C26H22BrNO4/c1-16-25-19(14-28(15-31-25)13-18-5-3-4-6-22(18)30-2)12-21-24(29)23(32-26(16)21)11-17-7-9-20(27)10-8-17/h3-12H,13-15H2,1-2H3/b23-11-. The molecule has 5 rings (SSSR count). The average Bonchev–Trinajstić information content (AvgIpc) is 3.11. The second-order valence-corrected chi connectivity index (χ2v) is 8.85. The van der Waals surface area contributed by atoms with Gasteiger partial charge in [-0.05, 0) is 42.8 Å². The van der Waals surface area contributed by atoms with Gasteiger partial charge in [-0.1, -0.05) is 46.3 Å². The van der Waals surface area contributed by atoms with Crippen LogP contribution in [0.1, 0.15) is 32.6 Å². The number of carbonyl (C=O) groups excluding carboxylic acids is 1. The van der Waals surface area contributed by atoms with E-state index in [9.17, 15) is 4.79 Å². The van der Waals surface area contributed by atoms with Crippen molar-refractivity contribution < 1.29 is 19.0 Å². The van der Waals surface area contributed by atoms with Gasteiger partial charge in [0.05, 0.1) is 12.7 Å². The van der Waals surface area contributed by atoms with Gasteiger partial charge in [-0.15, -0.1) is 0 Å². The zero-order chi connectivity index (χ0) is 22.2. The number of rotatable bonds is 4. The summed E-state index contributed by atoms with van der Waals surface area (Å²) < 4.78 is 18.6. The van der Waals surface area contributed by atoms with Crippen molar-refractivity contribution in [3.63, 3.8) is 0 Å². The molecule has 0 bridgehead atoms. The highest BCUT2D eigenvalue weighted by molar-refractivity contribution is 9.10. The van der Waals surface area contributed by atoms with Crippen molar-refractivity contribution in [2.75, 3.05) is 13.8 Å². The van der Waals surface area contributed by atoms with E-state index >= 15 is 0 Å². The van der Waals surface area contributed by atoms with E-state index in [1.165, 1.54) is 0 Å². The fourth-order valence-electron chi connectivity index (χ4n) is 4.18. The first-order chi connectivity index (χ1) is 15.5. The first-order valence-corrected chi connectivity index (χ1v) is 11.2. The van der Waals surface area contributed by atoms with Crippen LogP contribution in [0.25, 0.3) is 6.08 Å². The van der Waals surface area contributed by atoms with Gasteiger partial charge in [0.2, 0.25) is 5.78 Å². The fourth-order valence-corrected chi connectivity index (χ4v) is 4.45. The van der Waals surface area contributed by atoms with Gasteiger partial charge in [0.25, 0.3) is 0 Å². The number of Topliss-reactive ketones (excluding diaryl/α,β-unsaturated/α-hetero) is 1. The number of allylic oxidation sites excluding steroid dienone is 1. The molecule has 6 heteroatoms. The van der Waals surface area contributed by atoms with Gasteiger partial charge in [0, 0.05) is 34.3 Å². The molecule has 0 N–H and O–H groups in total. The molecule has 2 heterocycles. The third-order valence-corrected chi connectivity index (χ3v) is 6.28. The van der Waals surface area contributed by atoms with Gasteiger partial charge in [0.1, 0.15) is 24.0 Å². The highest BCUT2D eigenvalue weighted by Crippen LogP contribution is 2.43. The van der Waals surface area contributed by atoms with Crippen LogP contribution in [-0.4, -0.2) is 24.5 Å². The lowest BCUT2D eigenvalue weighted by Gasteiger charge is -2.30. The van der Waals surface area contributed by atoms with E-state index in [1.54, 1.807) is 13.2 Å². The molecule has 0 amide bonds. The molecule has 0 spiro atoms. The van der Waals surface area contributed by atoms with Crippen LogP contribution in [0.3, 0.4) is 0 Å². The molecule has 2 aliphatic rings. The molecule has 2 aliphatic heterocycles. The number of para-hydroxylation sites is 1. The Morgan fingerprint density at radius 1 is 1.12 bits per heavy atom. The summed E-state index contributed by atoms with van der Waals surface area (Å²) in [6.07, 6.45) is 1.78. The summed E-state index contributed by atoms with van der Waals surface area (Å²) >= 11 is 3.43. The van der Waals surface area contributed by atoms with Crippen LogP contribution in [-0.2, 0) is 13.1 Å². The van der Waals surface area contributed by atoms with Crippen LogP contribution in [0.15, 0.2) is 64.8 Å². The number of nitrogens with zero attached hydrogens (tertiary/aromatic N) is 1. The molecule has 0 saturated carbocycles. The monoisotopic (exact) mass is 491 g/mol. The van der Waals surface area contributed by atoms with E-state index in [-0.39, 0.29) is 5.78 Å². The molecule has 0 atom stereocenters. The number of halogens is 1. The van der Waals surface area contributed by atoms with Gasteiger partial charge in [-0.25, -0.2) is 0 Å². The largest absolute Gasteiger partial charge is 0.496 e. The van der Waals surface area contributed by atoms with Crippen LogP contribution in [0.5, 0.6) is 17.2 Å². The lowest BCUT2D eigenvalue weighted by Crippen LogP contribution is -2.32. The van der Waals surface area contributed by atoms with Gasteiger partial charge in [-0.3, -0.25) is 9.69 Å².